The molecule has 0 aliphatic heterocycles. The van der Waals surface area contributed by atoms with E-state index in [1.54, 1.807) is 0 Å². The zero-order valence-electron chi connectivity index (χ0n) is 20.5. The van der Waals surface area contributed by atoms with Crippen molar-refractivity contribution in [3.63, 3.8) is 0 Å². The molecule has 0 radical (unpaired) electrons. The van der Waals surface area contributed by atoms with Crippen molar-refractivity contribution in [1.82, 2.24) is 0 Å². The Kier molecular flexibility index (Phi) is 12.6. The van der Waals surface area contributed by atoms with Crippen molar-refractivity contribution < 1.29 is 52.7 Å². The van der Waals surface area contributed by atoms with E-state index >= 15 is 0 Å². The maximum Gasteiger partial charge on any atom is 0.416 e. The second kappa shape index (κ2) is 14.2. The molecule has 14 heteroatoms. The number of nitrogens with two attached hydrogens (primary N) is 2. The summed E-state index contributed by atoms with van der Waals surface area (Å²) >= 11 is 0. The lowest BCUT2D eigenvalue weighted by atomic mass is 10.0. The Morgan fingerprint density at radius 1 is 0.385 bits per heavy atom. The third-order valence-electron chi connectivity index (χ3n) is 5.38. The highest BCUT2D eigenvalue weighted by Gasteiger charge is 2.38. The number of benzene rings is 2. The second-order valence-electron chi connectivity index (χ2n) is 8.67. The van der Waals surface area contributed by atoms with Crippen LogP contribution in [-0.4, -0.2) is 13.1 Å². The number of halogens is 12. The summed E-state index contributed by atoms with van der Waals surface area (Å²) in [4.78, 5) is 0. The predicted molar refractivity (Wildman–Crippen MR) is 121 cm³/mol. The van der Waals surface area contributed by atoms with Gasteiger partial charge in [-0.25, -0.2) is 0 Å². The van der Waals surface area contributed by atoms with Gasteiger partial charge in [0, 0.05) is 0 Å². The van der Waals surface area contributed by atoms with Crippen LogP contribution in [0.5, 0.6) is 0 Å². The van der Waals surface area contributed by atoms with Crippen molar-refractivity contribution in [3.8, 4) is 0 Å². The van der Waals surface area contributed by atoms with Crippen molar-refractivity contribution in [2.45, 2.75) is 69.7 Å². The van der Waals surface area contributed by atoms with E-state index in [2.05, 4.69) is 0 Å². The SMILES string of the molecule is NCCCCCc1cc(C(F)(F)F)cc(C(F)(F)F)c1.NCCCCc1cc(C(F)(F)F)cc(C(F)(F)F)c1. The summed E-state index contributed by atoms with van der Waals surface area (Å²) < 4.78 is 151. The molecule has 0 spiro atoms. The lowest BCUT2D eigenvalue weighted by Gasteiger charge is -2.14. The highest BCUT2D eigenvalue weighted by Crippen LogP contribution is 2.38. The minimum absolute atomic E-state index is 0.0237. The van der Waals surface area contributed by atoms with Gasteiger partial charge in [0.25, 0.3) is 0 Å². The molecule has 2 nitrogen and oxygen atoms in total. The molecule has 0 aromatic heterocycles. The summed E-state index contributed by atoms with van der Waals surface area (Å²) in [7, 11) is 0. The third-order valence-corrected chi connectivity index (χ3v) is 5.38. The molecule has 0 bridgehead atoms. The van der Waals surface area contributed by atoms with Gasteiger partial charge in [-0.3, -0.25) is 0 Å². The van der Waals surface area contributed by atoms with Gasteiger partial charge < -0.3 is 11.5 Å². The van der Waals surface area contributed by atoms with Crippen LogP contribution >= 0.6 is 0 Å². The Balaban J connectivity index is 0.000000391. The fourth-order valence-electron chi connectivity index (χ4n) is 3.45. The molecule has 0 saturated carbocycles. The lowest BCUT2D eigenvalue weighted by molar-refractivity contribution is -0.144. The van der Waals surface area contributed by atoms with Crippen molar-refractivity contribution in [3.05, 3.63) is 69.8 Å². The summed E-state index contributed by atoms with van der Waals surface area (Å²) in [5, 5.41) is 0. The Bertz CT molecular complexity index is 957. The van der Waals surface area contributed by atoms with Gasteiger partial charge in [-0.05, 0) is 99.1 Å². The molecule has 0 aliphatic carbocycles. The Hall–Kier alpha value is -2.48. The first-order chi connectivity index (χ1) is 17.8. The molecule has 0 amide bonds. The highest BCUT2D eigenvalue weighted by molar-refractivity contribution is 5.34. The maximum absolute atomic E-state index is 12.6. The third kappa shape index (κ3) is 12.5. The van der Waals surface area contributed by atoms with Crippen LogP contribution in [0, 0.1) is 0 Å². The van der Waals surface area contributed by atoms with Gasteiger partial charge in [0.05, 0.1) is 22.3 Å². The van der Waals surface area contributed by atoms with Crippen LogP contribution in [0.4, 0.5) is 52.7 Å². The van der Waals surface area contributed by atoms with Gasteiger partial charge in [0.2, 0.25) is 0 Å². The van der Waals surface area contributed by atoms with Crippen LogP contribution in [0.3, 0.4) is 0 Å². The molecule has 2 aromatic rings. The summed E-state index contributed by atoms with van der Waals surface area (Å²) in [6.45, 7) is 0.807. The summed E-state index contributed by atoms with van der Waals surface area (Å²) in [6, 6.07) is 3.34. The molecule has 0 fully saturated rings. The summed E-state index contributed by atoms with van der Waals surface area (Å²) in [5.74, 6) is 0. The molecule has 2 rings (SSSR count). The number of unbranched alkanes of at least 4 members (excludes halogenated alkanes) is 3. The molecule has 0 atom stereocenters. The molecule has 0 heterocycles. The molecule has 222 valence electrons. The van der Waals surface area contributed by atoms with E-state index in [0.717, 1.165) is 24.3 Å². The Morgan fingerprint density at radius 3 is 0.897 bits per heavy atom. The van der Waals surface area contributed by atoms with Crippen LogP contribution in [0.2, 0.25) is 0 Å². The number of hydrogen-bond donors (Lipinski definition) is 2. The number of aryl methyl sites for hydroxylation is 2. The fourth-order valence-corrected chi connectivity index (χ4v) is 3.45. The molecule has 0 unspecified atom stereocenters. The first kappa shape index (κ1) is 34.5. The van der Waals surface area contributed by atoms with Gasteiger partial charge in [0.1, 0.15) is 0 Å². The maximum atomic E-state index is 12.6. The van der Waals surface area contributed by atoms with E-state index in [-0.39, 0.29) is 36.1 Å². The number of hydrogen-bond acceptors (Lipinski definition) is 2. The van der Waals surface area contributed by atoms with Crippen LogP contribution in [0.25, 0.3) is 0 Å². The molecular weight excluding hydrogens is 556 g/mol. The standard InChI is InChI=1S/C13H15F6N.C12H13F6N/c14-12(15,16)10-6-9(4-2-1-3-5-20)7-11(8-10)13(17,18)19;13-11(14,15)9-5-8(3-1-2-4-19)6-10(7-9)12(16,17)18/h6-8H,1-5,20H2;5-7H,1-4,19H2. The topological polar surface area (TPSA) is 52.0 Å². The zero-order valence-corrected chi connectivity index (χ0v) is 20.5. The normalized spacial score (nSPS) is 12.8. The minimum Gasteiger partial charge on any atom is -0.330 e. The molecule has 2 aromatic carbocycles. The molecule has 0 aliphatic rings. The smallest absolute Gasteiger partial charge is 0.330 e. The summed E-state index contributed by atoms with van der Waals surface area (Å²) in [6.07, 6.45) is -15.9. The van der Waals surface area contributed by atoms with Crippen LogP contribution in [0.1, 0.15) is 65.5 Å². The van der Waals surface area contributed by atoms with Gasteiger partial charge in [-0.2, -0.15) is 52.7 Å². The Labute approximate surface area is 217 Å². The second-order valence-corrected chi connectivity index (χ2v) is 8.67. The van der Waals surface area contributed by atoms with E-state index in [9.17, 15) is 52.7 Å². The lowest BCUT2D eigenvalue weighted by Crippen LogP contribution is -2.12. The summed E-state index contributed by atoms with van der Waals surface area (Å²) in [5.41, 5.74) is 5.50. The zero-order chi connectivity index (χ0) is 30.1. The average molecular weight is 584 g/mol. The number of alkyl halides is 12. The van der Waals surface area contributed by atoms with Crippen LogP contribution in [0.15, 0.2) is 36.4 Å². The number of rotatable bonds is 9. The van der Waals surface area contributed by atoms with E-state index in [1.807, 2.05) is 0 Å². The van der Waals surface area contributed by atoms with Gasteiger partial charge in [-0.15, -0.1) is 0 Å². The Morgan fingerprint density at radius 2 is 0.641 bits per heavy atom. The monoisotopic (exact) mass is 584 g/mol. The van der Waals surface area contributed by atoms with E-state index in [4.69, 9.17) is 11.5 Å². The van der Waals surface area contributed by atoms with E-state index in [1.165, 1.54) is 0 Å². The first-order valence-corrected chi connectivity index (χ1v) is 11.8. The molecular formula is C25H28F12N2. The largest absolute Gasteiger partial charge is 0.416 e. The van der Waals surface area contributed by atoms with Crippen molar-refractivity contribution in [2.75, 3.05) is 13.1 Å². The van der Waals surface area contributed by atoms with Crippen molar-refractivity contribution in [1.29, 1.82) is 0 Å². The predicted octanol–water partition coefficient (Wildman–Crippen LogP) is 8.40. The van der Waals surface area contributed by atoms with Gasteiger partial charge >= 0.3 is 24.7 Å². The molecule has 39 heavy (non-hydrogen) atoms. The van der Waals surface area contributed by atoms with E-state index < -0.39 is 47.0 Å². The average Bonchev–Trinajstić information content (AvgIpc) is 2.80. The highest BCUT2D eigenvalue weighted by atomic mass is 19.4. The quantitative estimate of drug-likeness (QED) is 0.230. The van der Waals surface area contributed by atoms with E-state index in [0.29, 0.717) is 45.2 Å². The van der Waals surface area contributed by atoms with Crippen molar-refractivity contribution >= 4 is 0 Å². The fraction of sp³-hybridized carbons (Fsp3) is 0.520. The van der Waals surface area contributed by atoms with Crippen LogP contribution in [-0.2, 0) is 37.5 Å². The van der Waals surface area contributed by atoms with Gasteiger partial charge in [-0.1, -0.05) is 6.42 Å². The van der Waals surface area contributed by atoms with Crippen molar-refractivity contribution in [2.24, 2.45) is 11.5 Å². The minimum atomic E-state index is -4.79. The first-order valence-electron chi connectivity index (χ1n) is 11.8. The molecule has 0 saturated heterocycles. The van der Waals surface area contributed by atoms with Crippen LogP contribution < -0.4 is 11.5 Å². The molecule has 4 N–H and O–H groups in total. The van der Waals surface area contributed by atoms with Gasteiger partial charge in [0.15, 0.2) is 0 Å².